The summed E-state index contributed by atoms with van der Waals surface area (Å²) in [6.45, 7) is 3.20. The van der Waals surface area contributed by atoms with Gasteiger partial charge in [0.05, 0.1) is 12.0 Å². The van der Waals surface area contributed by atoms with Crippen molar-refractivity contribution in [2.45, 2.75) is 32.5 Å². The molecule has 0 fully saturated rings. The average Bonchev–Trinajstić information content (AvgIpc) is 2.25. The van der Waals surface area contributed by atoms with E-state index in [9.17, 15) is 18.0 Å². The molecule has 2 N–H and O–H groups in total. The number of alkyl halides is 3. The van der Waals surface area contributed by atoms with Gasteiger partial charge in [-0.3, -0.25) is 4.79 Å². The Morgan fingerprint density at radius 1 is 1.37 bits per heavy atom. The summed E-state index contributed by atoms with van der Waals surface area (Å²) in [6, 6.07) is 4.14. The summed E-state index contributed by atoms with van der Waals surface area (Å²) in [5, 5.41) is 5.20. The fraction of sp³-hybridized carbons (Fsp3) is 0.462. The van der Waals surface area contributed by atoms with Crippen molar-refractivity contribution in [3.63, 3.8) is 0 Å². The van der Waals surface area contributed by atoms with Crippen LogP contribution in [-0.4, -0.2) is 25.2 Å². The normalized spacial score (nSPS) is 12.9. The minimum Gasteiger partial charge on any atom is -0.387 e. The molecule has 0 aromatic heterocycles. The summed E-state index contributed by atoms with van der Waals surface area (Å²) in [5.74, 6) is -0.513. The lowest BCUT2D eigenvalue weighted by Crippen LogP contribution is -2.36. The minimum atomic E-state index is -4.29. The molecule has 0 aliphatic rings. The summed E-state index contributed by atoms with van der Waals surface area (Å²) in [7, 11) is 1.66. The highest BCUT2D eigenvalue weighted by molar-refractivity contribution is 5.99. The number of rotatable bonds is 4. The molecular formula is C13H17F3N2O. The molecule has 3 nitrogen and oxygen atoms in total. The van der Waals surface area contributed by atoms with Gasteiger partial charge in [-0.05, 0) is 31.5 Å². The number of benzene rings is 1. The van der Waals surface area contributed by atoms with Crippen LogP contribution in [-0.2, 0) is 0 Å². The molecule has 19 heavy (non-hydrogen) atoms. The number of amides is 1. The molecule has 1 amide bonds. The Kier molecular flexibility index (Phi) is 4.80. The van der Waals surface area contributed by atoms with Gasteiger partial charge >= 0.3 is 6.18 Å². The van der Waals surface area contributed by atoms with Crippen LogP contribution in [0.3, 0.4) is 0 Å². The predicted octanol–water partition coefficient (Wildman–Crippen LogP) is 3.11. The fourth-order valence-corrected chi connectivity index (χ4v) is 1.76. The molecule has 1 unspecified atom stereocenters. The van der Waals surface area contributed by atoms with E-state index in [2.05, 4.69) is 10.6 Å². The van der Waals surface area contributed by atoms with E-state index in [-0.39, 0.29) is 0 Å². The first-order chi connectivity index (χ1) is 8.73. The second-order valence-corrected chi connectivity index (χ2v) is 4.49. The van der Waals surface area contributed by atoms with Crippen molar-refractivity contribution in [3.8, 4) is 0 Å². The Morgan fingerprint density at radius 3 is 2.53 bits per heavy atom. The van der Waals surface area contributed by atoms with E-state index < -0.39 is 24.5 Å². The minimum absolute atomic E-state index is 0.335. The van der Waals surface area contributed by atoms with Crippen molar-refractivity contribution in [3.05, 3.63) is 29.3 Å². The van der Waals surface area contributed by atoms with Crippen LogP contribution in [0.2, 0.25) is 0 Å². The van der Waals surface area contributed by atoms with Crippen LogP contribution >= 0.6 is 0 Å². The first-order valence-corrected chi connectivity index (χ1v) is 5.89. The van der Waals surface area contributed by atoms with Crippen molar-refractivity contribution >= 4 is 11.6 Å². The average molecular weight is 274 g/mol. The number of hydrogen-bond donors (Lipinski definition) is 2. The lowest BCUT2D eigenvalue weighted by Gasteiger charge is -2.17. The van der Waals surface area contributed by atoms with Gasteiger partial charge in [0.25, 0.3) is 5.91 Å². The number of anilines is 1. The smallest absolute Gasteiger partial charge is 0.387 e. The first kappa shape index (κ1) is 15.3. The third-order valence-corrected chi connectivity index (χ3v) is 2.60. The maximum absolute atomic E-state index is 12.2. The van der Waals surface area contributed by atoms with E-state index >= 15 is 0 Å². The van der Waals surface area contributed by atoms with Crippen molar-refractivity contribution < 1.29 is 18.0 Å². The molecule has 1 aromatic carbocycles. The van der Waals surface area contributed by atoms with Gasteiger partial charge < -0.3 is 10.6 Å². The number of nitrogens with one attached hydrogen (secondary N) is 2. The number of aryl methyl sites for hydroxylation is 1. The molecule has 0 heterocycles. The SMILES string of the molecule is CNc1cc(C)ccc1C(=O)NC(C)CC(F)(F)F. The van der Waals surface area contributed by atoms with E-state index in [0.717, 1.165) is 5.56 Å². The second kappa shape index (κ2) is 5.95. The standard InChI is InChI=1S/C13H17F3N2O/c1-8-4-5-10(11(6-8)17-3)12(19)18-9(2)7-13(14,15)16/h4-6,9,17H,7H2,1-3H3,(H,18,19). The summed E-state index contributed by atoms with van der Waals surface area (Å²) < 4.78 is 36.6. The third-order valence-electron chi connectivity index (χ3n) is 2.60. The molecule has 1 rings (SSSR count). The first-order valence-electron chi connectivity index (χ1n) is 5.89. The summed E-state index contributed by atoms with van der Waals surface area (Å²) in [4.78, 5) is 11.9. The van der Waals surface area contributed by atoms with E-state index in [0.29, 0.717) is 11.3 Å². The van der Waals surface area contributed by atoms with Gasteiger partial charge in [-0.25, -0.2) is 0 Å². The van der Waals surface area contributed by atoms with Crippen molar-refractivity contribution in [1.82, 2.24) is 5.32 Å². The zero-order valence-corrected chi connectivity index (χ0v) is 11.1. The van der Waals surface area contributed by atoms with E-state index in [1.807, 2.05) is 6.92 Å². The van der Waals surface area contributed by atoms with Gasteiger partial charge in [-0.2, -0.15) is 13.2 Å². The Labute approximate surface area is 110 Å². The maximum atomic E-state index is 12.2. The lowest BCUT2D eigenvalue weighted by molar-refractivity contribution is -0.138. The zero-order chi connectivity index (χ0) is 14.6. The van der Waals surface area contributed by atoms with E-state index in [1.165, 1.54) is 6.92 Å². The molecule has 0 radical (unpaired) electrons. The number of carbonyl (C=O) groups excluding carboxylic acids is 1. The molecule has 1 aromatic rings. The van der Waals surface area contributed by atoms with Crippen LogP contribution in [0.5, 0.6) is 0 Å². The fourth-order valence-electron chi connectivity index (χ4n) is 1.76. The Balaban J connectivity index is 2.78. The third kappa shape index (κ3) is 4.81. The highest BCUT2D eigenvalue weighted by Crippen LogP contribution is 2.22. The molecule has 106 valence electrons. The Hall–Kier alpha value is -1.72. The van der Waals surface area contributed by atoms with Crippen LogP contribution in [0.25, 0.3) is 0 Å². The molecule has 0 spiro atoms. The van der Waals surface area contributed by atoms with Gasteiger partial charge in [0, 0.05) is 18.8 Å². The van der Waals surface area contributed by atoms with Crippen LogP contribution < -0.4 is 10.6 Å². The highest BCUT2D eigenvalue weighted by Gasteiger charge is 2.30. The van der Waals surface area contributed by atoms with Crippen LogP contribution in [0, 0.1) is 6.92 Å². The monoisotopic (exact) mass is 274 g/mol. The van der Waals surface area contributed by atoms with Crippen molar-refractivity contribution in [1.29, 1.82) is 0 Å². The quantitative estimate of drug-likeness (QED) is 0.885. The lowest BCUT2D eigenvalue weighted by atomic mass is 10.1. The Morgan fingerprint density at radius 2 is 2.00 bits per heavy atom. The number of halogens is 3. The van der Waals surface area contributed by atoms with Gasteiger partial charge in [0.15, 0.2) is 0 Å². The van der Waals surface area contributed by atoms with Crippen LogP contribution in [0.15, 0.2) is 18.2 Å². The molecule has 0 aliphatic carbocycles. The largest absolute Gasteiger partial charge is 0.391 e. The molecule has 0 saturated heterocycles. The molecule has 6 heteroatoms. The summed E-state index contributed by atoms with van der Waals surface area (Å²) >= 11 is 0. The Bertz CT molecular complexity index is 458. The highest BCUT2D eigenvalue weighted by atomic mass is 19.4. The number of hydrogen-bond acceptors (Lipinski definition) is 2. The van der Waals surface area contributed by atoms with Gasteiger partial charge in [-0.15, -0.1) is 0 Å². The van der Waals surface area contributed by atoms with E-state index in [1.54, 1.807) is 25.2 Å². The molecule has 0 bridgehead atoms. The molecule has 0 saturated carbocycles. The van der Waals surface area contributed by atoms with Crippen molar-refractivity contribution in [2.75, 3.05) is 12.4 Å². The molecule has 1 atom stereocenters. The van der Waals surface area contributed by atoms with Gasteiger partial charge in [0.2, 0.25) is 0 Å². The van der Waals surface area contributed by atoms with Gasteiger partial charge in [0.1, 0.15) is 0 Å². The molecular weight excluding hydrogens is 257 g/mol. The van der Waals surface area contributed by atoms with Crippen LogP contribution in [0.4, 0.5) is 18.9 Å². The summed E-state index contributed by atoms with van der Waals surface area (Å²) in [6.07, 6.45) is -5.33. The zero-order valence-electron chi connectivity index (χ0n) is 11.1. The topological polar surface area (TPSA) is 41.1 Å². The van der Waals surface area contributed by atoms with Crippen LogP contribution in [0.1, 0.15) is 29.3 Å². The van der Waals surface area contributed by atoms with Gasteiger partial charge in [-0.1, -0.05) is 6.07 Å². The van der Waals surface area contributed by atoms with E-state index in [4.69, 9.17) is 0 Å². The van der Waals surface area contributed by atoms with Crippen molar-refractivity contribution in [2.24, 2.45) is 0 Å². The summed E-state index contributed by atoms with van der Waals surface area (Å²) in [5.41, 5.74) is 1.89. The predicted molar refractivity (Wildman–Crippen MR) is 68.3 cm³/mol. The number of carbonyl (C=O) groups is 1. The maximum Gasteiger partial charge on any atom is 0.391 e. The second-order valence-electron chi connectivity index (χ2n) is 4.49. The molecule has 0 aliphatic heterocycles.